The molecule has 1 heterocycles. The number of H-pyrrole nitrogens is 1. The van der Waals surface area contributed by atoms with Gasteiger partial charge in [0.2, 0.25) is 0 Å². The fourth-order valence-electron chi connectivity index (χ4n) is 3.57. The zero-order valence-electron chi connectivity index (χ0n) is 12.0. The van der Waals surface area contributed by atoms with Crippen LogP contribution < -0.4 is 0 Å². The predicted octanol–water partition coefficient (Wildman–Crippen LogP) is 3.93. The monoisotopic (exact) mass is 277 g/mol. The molecule has 0 saturated carbocycles. The van der Waals surface area contributed by atoms with E-state index < -0.39 is 0 Å². The van der Waals surface area contributed by atoms with Gasteiger partial charge >= 0.3 is 0 Å². The summed E-state index contributed by atoms with van der Waals surface area (Å²) in [6.45, 7) is 0.109. The highest BCUT2D eigenvalue weighted by Gasteiger charge is 2.23. The van der Waals surface area contributed by atoms with E-state index in [-0.39, 0.29) is 6.61 Å². The Balaban J connectivity index is 1.76. The van der Waals surface area contributed by atoms with Crippen LogP contribution in [0.25, 0.3) is 10.9 Å². The Hall–Kier alpha value is -2.06. The Kier molecular flexibility index (Phi) is 3.04. The molecule has 2 aromatic carbocycles. The number of aromatic nitrogens is 1. The van der Waals surface area contributed by atoms with E-state index in [0.29, 0.717) is 5.92 Å². The van der Waals surface area contributed by atoms with Gasteiger partial charge in [0, 0.05) is 16.6 Å². The lowest BCUT2D eigenvalue weighted by Gasteiger charge is -2.23. The van der Waals surface area contributed by atoms with E-state index in [1.807, 2.05) is 6.07 Å². The van der Waals surface area contributed by atoms with Gasteiger partial charge in [-0.05, 0) is 54.0 Å². The zero-order valence-corrected chi connectivity index (χ0v) is 12.0. The van der Waals surface area contributed by atoms with Gasteiger partial charge in [-0.1, -0.05) is 36.4 Å². The number of hydrogen-bond donors (Lipinski definition) is 2. The molecule has 0 fully saturated rings. The van der Waals surface area contributed by atoms with Crippen molar-refractivity contribution in [3.05, 3.63) is 70.9 Å². The first-order valence-corrected chi connectivity index (χ1v) is 7.63. The Morgan fingerprint density at radius 1 is 1.10 bits per heavy atom. The molecule has 1 atom stereocenters. The molecule has 0 aliphatic heterocycles. The van der Waals surface area contributed by atoms with E-state index in [9.17, 15) is 5.11 Å². The summed E-state index contributed by atoms with van der Waals surface area (Å²) in [7, 11) is 0. The number of aromatic amines is 1. The zero-order chi connectivity index (χ0) is 14.2. The molecule has 106 valence electrons. The van der Waals surface area contributed by atoms with Gasteiger partial charge < -0.3 is 10.1 Å². The Bertz CT molecular complexity index is 773. The fourth-order valence-corrected chi connectivity index (χ4v) is 3.57. The van der Waals surface area contributed by atoms with Crippen LogP contribution in [-0.4, -0.2) is 10.1 Å². The van der Waals surface area contributed by atoms with Crippen LogP contribution in [-0.2, 0) is 19.4 Å². The summed E-state index contributed by atoms with van der Waals surface area (Å²) in [5.74, 6) is 0.607. The van der Waals surface area contributed by atoms with Crippen LogP contribution in [0.3, 0.4) is 0 Å². The number of hydrogen-bond acceptors (Lipinski definition) is 1. The molecule has 0 radical (unpaired) electrons. The molecular formula is C19H19NO. The van der Waals surface area contributed by atoms with Crippen molar-refractivity contribution in [1.29, 1.82) is 0 Å². The largest absolute Gasteiger partial charge is 0.392 e. The molecule has 0 bridgehead atoms. The third-order valence-electron chi connectivity index (χ3n) is 4.71. The Morgan fingerprint density at radius 2 is 1.95 bits per heavy atom. The van der Waals surface area contributed by atoms with Crippen LogP contribution in [0.2, 0.25) is 0 Å². The highest BCUT2D eigenvalue weighted by Crippen LogP contribution is 2.36. The van der Waals surface area contributed by atoms with E-state index in [2.05, 4.69) is 47.4 Å². The smallest absolute Gasteiger partial charge is 0.0682 e. The maximum Gasteiger partial charge on any atom is 0.0682 e. The van der Waals surface area contributed by atoms with Gasteiger partial charge in [-0.2, -0.15) is 0 Å². The molecule has 2 heteroatoms. The van der Waals surface area contributed by atoms with Crippen molar-refractivity contribution in [3.8, 4) is 0 Å². The number of rotatable bonds is 2. The van der Waals surface area contributed by atoms with E-state index in [4.69, 9.17) is 0 Å². The molecule has 21 heavy (non-hydrogen) atoms. The highest BCUT2D eigenvalue weighted by molar-refractivity contribution is 5.85. The molecule has 1 aliphatic carbocycles. The predicted molar refractivity (Wildman–Crippen MR) is 85.4 cm³/mol. The lowest BCUT2D eigenvalue weighted by molar-refractivity contribution is 0.282. The third kappa shape index (κ3) is 2.16. The summed E-state index contributed by atoms with van der Waals surface area (Å²) in [4.78, 5) is 3.56. The second kappa shape index (κ2) is 5.05. The van der Waals surface area contributed by atoms with Crippen molar-refractivity contribution in [1.82, 2.24) is 4.98 Å². The lowest BCUT2D eigenvalue weighted by atomic mass is 9.82. The Morgan fingerprint density at radius 3 is 2.76 bits per heavy atom. The lowest BCUT2D eigenvalue weighted by Crippen LogP contribution is -2.11. The van der Waals surface area contributed by atoms with E-state index >= 15 is 0 Å². The van der Waals surface area contributed by atoms with Crippen molar-refractivity contribution in [2.75, 3.05) is 0 Å². The molecule has 0 amide bonds. The van der Waals surface area contributed by atoms with Gasteiger partial charge in [0.05, 0.1) is 6.61 Å². The molecule has 2 N–H and O–H groups in total. The normalized spacial score (nSPS) is 17.9. The van der Waals surface area contributed by atoms with Crippen molar-refractivity contribution < 1.29 is 5.11 Å². The van der Waals surface area contributed by atoms with E-state index in [1.165, 1.54) is 34.1 Å². The van der Waals surface area contributed by atoms with Crippen LogP contribution in [0, 0.1) is 0 Å². The minimum Gasteiger partial charge on any atom is -0.392 e. The molecule has 3 aromatic rings. The first-order valence-electron chi connectivity index (χ1n) is 7.63. The summed E-state index contributed by atoms with van der Waals surface area (Å²) in [5.41, 5.74) is 6.46. The van der Waals surface area contributed by atoms with E-state index in [0.717, 1.165) is 18.4 Å². The van der Waals surface area contributed by atoms with Crippen molar-refractivity contribution in [2.45, 2.75) is 31.8 Å². The summed E-state index contributed by atoms with van der Waals surface area (Å²) in [5, 5.41) is 10.6. The molecule has 1 aliphatic rings. The van der Waals surface area contributed by atoms with E-state index in [1.54, 1.807) is 0 Å². The quantitative estimate of drug-likeness (QED) is 0.731. The number of nitrogens with one attached hydrogen (secondary N) is 1. The van der Waals surface area contributed by atoms with Crippen LogP contribution in [0.1, 0.15) is 34.7 Å². The summed E-state index contributed by atoms with van der Waals surface area (Å²) < 4.78 is 0. The minimum atomic E-state index is 0.109. The second-order valence-corrected chi connectivity index (χ2v) is 5.97. The number of fused-ring (bicyclic) bond motifs is 3. The maximum atomic E-state index is 9.36. The van der Waals surface area contributed by atoms with Crippen molar-refractivity contribution in [3.63, 3.8) is 0 Å². The van der Waals surface area contributed by atoms with Crippen molar-refractivity contribution in [2.24, 2.45) is 0 Å². The summed E-state index contributed by atoms with van der Waals surface area (Å²) >= 11 is 0. The standard InChI is InChI=1S/C19H19NO/c21-12-13-6-8-18-16(10-13)17-11-15(7-9-19(17)20-18)14-4-2-1-3-5-14/h1-6,8,10,15,20-21H,7,9,11-12H2/t15-/m1/s1. The number of aryl methyl sites for hydroxylation is 1. The van der Waals surface area contributed by atoms with Crippen LogP contribution in [0.4, 0.5) is 0 Å². The molecule has 4 rings (SSSR count). The first-order chi connectivity index (χ1) is 10.3. The molecule has 0 spiro atoms. The minimum absolute atomic E-state index is 0.109. The van der Waals surface area contributed by atoms with Gasteiger partial charge in [-0.15, -0.1) is 0 Å². The third-order valence-corrected chi connectivity index (χ3v) is 4.71. The summed E-state index contributed by atoms with van der Waals surface area (Å²) in [6, 6.07) is 17.0. The molecular weight excluding hydrogens is 258 g/mol. The molecule has 2 nitrogen and oxygen atoms in total. The molecule has 0 unspecified atom stereocenters. The van der Waals surface area contributed by atoms with Crippen LogP contribution in [0.15, 0.2) is 48.5 Å². The molecule has 1 aromatic heterocycles. The SMILES string of the molecule is OCc1ccc2[nH]c3c(c2c1)C[C@H](c1ccccc1)CC3. The van der Waals surface area contributed by atoms with Crippen LogP contribution in [0.5, 0.6) is 0 Å². The van der Waals surface area contributed by atoms with Gasteiger partial charge in [0.25, 0.3) is 0 Å². The van der Waals surface area contributed by atoms with Gasteiger partial charge in [0.15, 0.2) is 0 Å². The number of aliphatic hydroxyl groups excluding tert-OH is 1. The average Bonchev–Trinajstić information content (AvgIpc) is 2.92. The van der Waals surface area contributed by atoms with Gasteiger partial charge in [0.1, 0.15) is 0 Å². The van der Waals surface area contributed by atoms with Gasteiger partial charge in [-0.25, -0.2) is 0 Å². The highest BCUT2D eigenvalue weighted by atomic mass is 16.3. The average molecular weight is 277 g/mol. The van der Waals surface area contributed by atoms with Crippen molar-refractivity contribution >= 4 is 10.9 Å². The Labute approximate surface area is 124 Å². The molecule has 0 saturated heterocycles. The van der Waals surface area contributed by atoms with Gasteiger partial charge in [-0.3, -0.25) is 0 Å². The topological polar surface area (TPSA) is 36.0 Å². The fraction of sp³-hybridized carbons (Fsp3) is 0.263. The number of aliphatic hydroxyl groups is 1. The maximum absolute atomic E-state index is 9.36. The summed E-state index contributed by atoms with van der Waals surface area (Å²) in [6.07, 6.45) is 3.41. The second-order valence-electron chi connectivity index (χ2n) is 5.97. The van der Waals surface area contributed by atoms with Crippen LogP contribution >= 0.6 is 0 Å². The number of benzene rings is 2. The first kappa shape index (κ1) is 12.7.